The van der Waals surface area contributed by atoms with Gasteiger partial charge in [0.25, 0.3) is 0 Å². The molecule has 1 aliphatic carbocycles. The van der Waals surface area contributed by atoms with Crippen molar-refractivity contribution in [2.45, 2.75) is 38.1 Å². The van der Waals surface area contributed by atoms with Gasteiger partial charge in [-0.05, 0) is 60.4 Å². The Labute approximate surface area is 131 Å². The third-order valence-corrected chi connectivity index (χ3v) is 4.67. The van der Waals surface area contributed by atoms with E-state index in [0.29, 0.717) is 0 Å². The highest BCUT2D eigenvalue weighted by Gasteiger charge is 2.14. The standard InChI is InChI=1S/C18H21ClN2/c19-18-7-2-1-4-16(18)12-17(21-20)11-13-8-9-14-5-3-6-15(14)10-13/h1-2,4,7-10,17,21H,3,5-6,11-12,20H2. The molecular weight excluding hydrogens is 280 g/mol. The minimum absolute atomic E-state index is 0.198. The van der Waals surface area contributed by atoms with Crippen LogP contribution in [-0.4, -0.2) is 6.04 Å². The summed E-state index contributed by atoms with van der Waals surface area (Å²) in [5.74, 6) is 5.74. The number of halogens is 1. The van der Waals surface area contributed by atoms with Crippen molar-refractivity contribution in [2.24, 2.45) is 5.84 Å². The molecule has 0 aliphatic heterocycles. The van der Waals surface area contributed by atoms with Crippen LogP contribution in [0.2, 0.25) is 5.02 Å². The number of benzene rings is 2. The van der Waals surface area contributed by atoms with Crippen LogP contribution in [0.1, 0.15) is 28.7 Å². The van der Waals surface area contributed by atoms with Crippen molar-refractivity contribution in [1.82, 2.24) is 5.43 Å². The van der Waals surface area contributed by atoms with Gasteiger partial charge >= 0.3 is 0 Å². The molecule has 2 aromatic rings. The minimum Gasteiger partial charge on any atom is -0.271 e. The van der Waals surface area contributed by atoms with Crippen molar-refractivity contribution in [3.8, 4) is 0 Å². The summed E-state index contributed by atoms with van der Waals surface area (Å²) < 4.78 is 0. The molecule has 0 saturated carbocycles. The lowest BCUT2D eigenvalue weighted by Crippen LogP contribution is -2.38. The predicted molar refractivity (Wildman–Crippen MR) is 88.4 cm³/mol. The van der Waals surface area contributed by atoms with Gasteiger partial charge in [0.05, 0.1) is 0 Å². The normalized spacial score (nSPS) is 15.0. The molecule has 1 unspecified atom stereocenters. The summed E-state index contributed by atoms with van der Waals surface area (Å²) >= 11 is 6.24. The Morgan fingerprint density at radius 1 is 1.05 bits per heavy atom. The van der Waals surface area contributed by atoms with E-state index in [4.69, 9.17) is 17.4 Å². The summed E-state index contributed by atoms with van der Waals surface area (Å²) in [5.41, 5.74) is 8.46. The molecule has 0 saturated heterocycles. The molecule has 3 rings (SSSR count). The molecule has 0 radical (unpaired) electrons. The van der Waals surface area contributed by atoms with Crippen LogP contribution in [0, 0.1) is 0 Å². The van der Waals surface area contributed by atoms with E-state index in [1.165, 1.54) is 36.0 Å². The van der Waals surface area contributed by atoms with Crippen LogP contribution in [0.15, 0.2) is 42.5 Å². The summed E-state index contributed by atoms with van der Waals surface area (Å²) in [4.78, 5) is 0. The van der Waals surface area contributed by atoms with Crippen molar-refractivity contribution in [1.29, 1.82) is 0 Å². The Balaban J connectivity index is 1.71. The molecule has 0 bridgehead atoms. The quantitative estimate of drug-likeness (QED) is 0.656. The highest BCUT2D eigenvalue weighted by atomic mass is 35.5. The Morgan fingerprint density at radius 2 is 1.86 bits per heavy atom. The van der Waals surface area contributed by atoms with Gasteiger partial charge in [-0.2, -0.15) is 0 Å². The molecule has 0 spiro atoms. The topological polar surface area (TPSA) is 38.0 Å². The Morgan fingerprint density at radius 3 is 2.67 bits per heavy atom. The van der Waals surface area contributed by atoms with Gasteiger partial charge in [0.1, 0.15) is 0 Å². The molecule has 0 amide bonds. The number of hydrogen-bond donors (Lipinski definition) is 2. The zero-order chi connectivity index (χ0) is 14.7. The monoisotopic (exact) mass is 300 g/mol. The number of hydrazine groups is 1. The zero-order valence-electron chi connectivity index (χ0n) is 12.1. The predicted octanol–water partition coefficient (Wildman–Crippen LogP) is 3.45. The fourth-order valence-corrected chi connectivity index (χ4v) is 3.37. The molecule has 2 nitrogen and oxygen atoms in total. The van der Waals surface area contributed by atoms with E-state index in [9.17, 15) is 0 Å². The number of aryl methyl sites for hydroxylation is 2. The van der Waals surface area contributed by atoms with Crippen LogP contribution in [-0.2, 0) is 25.7 Å². The smallest absolute Gasteiger partial charge is 0.0438 e. The van der Waals surface area contributed by atoms with Gasteiger partial charge in [-0.25, -0.2) is 0 Å². The van der Waals surface area contributed by atoms with Crippen molar-refractivity contribution >= 4 is 11.6 Å². The lowest BCUT2D eigenvalue weighted by molar-refractivity contribution is 0.522. The van der Waals surface area contributed by atoms with E-state index in [1.807, 2.05) is 18.2 Å². The SMILES string of the molecule is NNC(Cc1ccc2c(c1)CCC2)Cc1ccccc1Cl. The fourth-order valence-electron chi connectivity index (χ4n) is 3.16. The first-order valence-electron chi connectivity index (χ1n) is 7.56. The van der Waals surface area contributed by atoms with Gasteiger partial charge < -0.3 is 0 Å². The average molecular weight is 301 g/mol. The Hall–Kier alpha value is -1.35. The molecular formula is C18H21ClN2. The van der Waals surface area contributed by atoms with Crippen LogP contribution in [0.3, 0.4) is 0 Å². The number of hydrogen-bond acceptors (Lipinski definition) is 2. The summed E-state index contributed by atoms with van der Waals surface area (Å²) in [6.07, 6.45) is 5.50. The highest BCUT2D eigenvalue weighted by molar-refractivity contribution is 6.31. The molecule has 110 valence electrons. The van der Waals surface area contributed by atoms with Crippen LogP contribution < -0.4 is 11.3 Å². The molecule has 1 atom stereocenters. The maximum Gasteiger partial charge on any atom is 0.0438 e. The van der Waals surface area contributed by atoms with Crippen LogP contribution in [0.25, 0.3) is 0 Å². The highest BCUT2D eigenvalue weighted by Crippen LogP contribution is 2.24. The van der Waals surface area contributed by atoms with Gasteiger partial charge in [0, 0.05) is 11.1 Å². The van der Waals surface area contributed by atoms with E-state index in [-0.39, 0.29) is 6.04 Å². The number of fused-ring (bicyclic) bond motifs is 1. The first-order valence-corrected chi connectivity index (χ1v) is 7.94. The van der Waals surface area contributed by atoms with Gasteiger partial charge in [-0.15, -0.1) is 0 Å². The maximum atomic E-state index is 6.24. The third kappa shape index (κ3) is 3.46. The first kappa shape index (κ1) is 14.6. The minimum atomic E-state index is 0.198. The van der Waals surface area contributed by atoms with Gasteiger partial charge in [0.15, 0.2) is 0 Å². The molecule has 3 heteroatoms. The lowest BCUT2D eigenvalue weighted by Gasteiger charge is -2.17. The molecule has 0 aromatic heterocycles. The molecule has 3 N–H and O–H groups in total. The molecule has 21 heavy (non-hydrogen) atoms. The second-order valence-electron chi connectivity index (χ2n) is 5.82. The van der Waals surface area contributed by atoms with Crippen LogP contribution in [0.5, 0.6) is 0 Å². The Kier molecular flexibility index (Phi) is 4.59. The van der Waals surface area contributed by atoms with Gasteiger partial charge in [0.2, 0.25) is 0 Å². The van der Waals surface area contributed by atoms with E-state index in [1.54, 1.807) is 0 Å². The largest absolute Gasteiger partial charge is 0.271 e. The third-order valence-electron chi connectivity index (χ3n) is 4.30. The van der Waals surface area contributed by atoms with Crippen LogP contribution in [0.4, 0.5) is 0 Å². The van der Waals surface area contributed by atoms with Crippen molar-refractivity contribution in [3.05, 3.63) is 69.7 Å². The van der Waals surface area contributed by atoms with Gasteiger partial charge in [-0.3, -0.25) is 11.3 Å². The second kappa shape index (κ2) is 6.61. The molecule has 1 aliphatic rings. The number of nitrogens with one attached hydrogen (secondary N) is 1. The lowest BCUT2D eigenvalue weighted by atomic mass is 9.97. The van der Waals surface area contributed by atoms with Crippen molar-refractivity contribution in [3.63, 3.8) is 0 Å². The first-order chi connectivity index (χ1) is 10.3. The van der Waals surface area contributed by atoms with E-state index < -0.39 is 0 Å². The summed E-state index contributed by atoms with van der Waals surface area (Å²) in [6.45, 7) is 0. The van der Waals surface area contributed by atoms with E-state index >= 15 is 0 Å². The number of nitrogens with two attached hydrogens (primary N) is 1. The second-order valence-corrected chi connectivity index (χ2v) is 6.23. The summed E-state index contributed by atoms with van der Waals surface area (Å²) in [7, 11) is 0. The van der Waals surface area contributed by atoms with Crippen molar-refractivity contribution in [2.75, 3.05) is 0 Å². The van der Waals surface area contributed by atoms with E-state index in [2.05, 4.69) is 29.7 Å². The molecule has 0 fully saturated rings. The number of rotatable bonds is 5. The van der Waals surface area contributed by atoms with Gasteiger partial charge in [-0.1, -0.05) is 48.0 Å². The molecule has 2 aromatic carbocycles. The molecule has 0 heterocycles. The van der Waals surface area contributed by atoms with Crippen molar-refractivity contribution < 1.29 is 0 Å². The summed E-state index contributed by atoms with van der Waals surface area (Å²) in [5, 5.41) is 0.812. The average Bonchev–Trinajstić information content (AvgIpc) is 2.96. The van der Waals surface area contributed by atoms with Crippen LogP contribution >= 0.6 is 11.6 Å². The summed E-state index contributed by atoms with van der Waals surface area (Å²) in [6, 6.07) is 15.0. The van der Waals surface area contributed by atoms with E-state index in [0.717, 1.165) is 23.4 Å². The fraction of sp³-hybridized carbons (Fsp3) is 0.333. The zero-order valence-corrected chi connectivity index (χ0v) is 12.9. The Bertz CT molecular complexity index is 624. The maximum absolute atomic E-state index is 6.24.